The van der Waals surface area contributed by atoms with Crippen LogP contribution in [0.4, 0.5) is 5.69 Å². The van der Waals surface area contributed by atoms with Crippen molar-refractivity contribution in [3.8, 4) is 0 Å². The summed E-state index contributed by atoms with van der Waals surface area (Å²) in [7, 11) is 0. The lowest BCUT2D eigenvalue weighted by Gasteiger charge is -2.35. The molecule has 1 amide bonds. The molecule has 8 heteroatoms. The van der Waals surface area contributed by atoms with Crippen molar-refractivity contribution < 1.29 is 9.90 Å². The largest absolute Gasteiger partial charge is 0.392 e. The van der Waals surface area contributed by atoms with E-state index < -0.39 is 5.41 Å². The summed E-state index contributed by atoms with van der Waals surface area (Å²) in [5.41, 5.74) is 6.24. The fraction of sp³-hybridized carbons (Fsp3) is 0.346. The third kappa shape index (κ3) is 4.17. The molecule has 8 nitrogen and oxygen atoms in total. The molecule has 0 saturated carbocycles. The molecule has 0 aliphatic heterocycles. The maximum absolute atomic E-state index is 13.6. The first-order chi connectivity index (χ1) is 16.3. The molecule has 2 aromatic carbocycles. The van der Waals surface area contributed by atoms with Crippen molar-refractivity contribution in [2.45, 2.75) is 53.7 Å². The number of hydrogen-bond acceptors (Lipinski definition) is 6. The number of aliphatic hydroxyl groups is 1. The van der Waals surface area contributed by atoms with Gasteiger partial charge in [-0.25, -0.2) is 14.6 Å². The molecular weight excluding hydrogens is 428 g/mol. The van der Waals surface area contributed by atoms with E-state index in [4.69, 9.17) is 0 Å². The second-order valence-corrected chi connectivity index (χ2v) is 9.13. The lowest BCUT2D eigenvalue weighted by Crippen LogP contribution is -2.37. The van der Waals surface area contributed by atoms with Gasteiger partial charge in [-0.05, 0) is 54.7 Å². The summed E-state index contributed by atoms with van der Waals surface area (Å²) < 4.78 is 1.87. The summed E-state index contributed by atoms with van der Waals surface area (Å²) in [6.07, 6.45) is 4.58. The number of amides is 1. The van der Waals surface area contributed by atoms with Crippen LogP contribution < -0.4 is 5.32 Å². The number of aliphatic hydroxyl groups excluding tert-OH is 1. The molecule has 0 saturated heterocycles. The van der Waals surface area contributed by atoms with Crippen molar-refractivity contribution in [1.29, 1.82) is 0 Å². The fourth-order valence-electron chi connectivity index (χ4n) is 4.54. The Morgan fingerprint density at radius 3 is 2.56 bits per heavy atom. The Morgan fingerprint density at radius 2 is 1.88 bits per heavy atom. The Balaban J connectivity index is 1.88. The van der Waals surface area contributed by atoms with E-state index in [-0.39, 0.29) is 18.4 Å². The lowest BCUT2D eigenvalue weighted by atomic mass is 9.69. The average Bonchev–Trinajstić information content (AvgIpc) is 3.26. The Labute approximate surface area is 199 Å². The average molecular weight is 459 g/mol. The Bertz CT molecular complexity index is 1330. The van der Waals surface area contributed by atoms with Crippen LogP contribution in [0.5, 0.6) is 0 Å². The number of hydrogen-bond donors (Lipinski definition) is 2. The minimum absolute atomic E-state index is 0.0663. The van der Waals surface area contributed by atoms with Gasteiger partial charge in [0.25, 0.3) is 0 Å². The van der Waals surface area contributed by atoms with E-state index in [1.165, 1.54) is 6.33 Å². The lowest BCUT2D eigenvalue weighted by molar-refractivity contribution is -0.124. The number of nitrogens with zero attached hydrogens (tertiary/aromatic N) is 5. The third-order valence-corrected chi connectivity index (χ3v) is 6.60. The van der Waals surface area contributed by atoms with Crippen molar-refractivity contribution in [2.24, 2.45) is 5.41 Å². The van der Waals surface area contributed by atoms with Crippen molar-refractivity contribution in [3.05, 3.63) is 76.9 Å². The minimum atomic E-state index is -0.864. The van der Waals surface area contributed by atoms with Crippen LogP contribution in [0.2, 0.25) is 0 Å². The number of aryl methyl sites for hydroxylation is 3. The number of benzene rings is 2. The van der Waals surface area contributed by atoms with Gasteiger partial charge in [-0.2, -0.15) is 0 Å². The summed E-state index contributed by atoms with van der Waals surface area (Å²) >= 11 is 0. The number of anilines is 1. The van der Waals surface area contributed by atoms with Crippen LogP contribution in [0.15, 0.2) is 49.1 Å². The van der Waals surface area contributed by atoms with Gasteiger partial charge in [0.05, 0.1) is 35.6 Å². The first kappa shape index (κ1) is 23.5. The predicted molar refractivity (Wildman–Crippen MR) is 131 cm³/mol. The van der Waals surface area contributed by atoms with E-state index in [1.54, 1.807) is 12.4 Å². The van der Waals surface area contributed by atoms with Crippen LogP contribution in [-0.4, -0.2) is 36.0 Å². The SMILES string of the molecule is CCn1nnc2c(C)c(C(c3ccc(C)c(CO)c3)C(C)(C)C(=O)Nc3cncnc3)ccc21. The van der Waals surface area contributed by atoms with Crippen LogP contribution in [0, 0.1) is 19.3 Å². The molecule has 0 aliphatic rings. The Hall–Kier alpha value is -3.65. The molecule has 0 fully saturated rings. The van der Waals surface area contributed by atoms with Gasteiger partial charge in [-0.1, -0.05) is 43.3 Å². The molecule has 176 valence electrons. The topological polar surface area (TPSA) is 106 Å². The van der Waals surface area contributed by atoms with Gasteiger partial charge in [0.15, 0.2) is 0 Å². The molecule has 2 heterocycles. The highest BCUT2D eigenvalue weighted by atomic mass is 16.3. The number of aromatic nitrogens is 5. The van der Waals surface area contributed by atoms with Crippen molar-refractivity contribution in [2.75, 3.05) is 5.32 Å². The second-order valence-electron chi connectivity index (χ2n) is 9.13. The molecule has 4 aromatic rings. The number of carbonyl (C=O) groups is 1. The number of fused-ring (bicyclic) bond motifs is 1. The zero-order valence-electron chi connectivity index (χ0n) is 20.2. The monoisotopic (exact) mass is 458 g/mol. The van der Waals surface area contributed by atoms with Crippen LogP contribution in [0.1, 0.15) is 54.5 Å². The zero-order chi connectivity index (χ0) is 24.5. The number of nitrogens with one attached hydrogen (secondary N) is 1. The summed E-state index contributed by atoms with van der Waals surface area (Å²) in [4.78, 5) is 21.6. The Morgan fingerprint density at radius 1 is 1.15 bits per heavy atom. The highest BCUT2D eigenvalue weighted by Gasteiger charge is 2.40. The first-order valence-electron chi connectivity index (χ1n) is 11.4. The maximum Gasteiger partial charge on any atom is 0.231 e. The highest BCUT2D eigenvalue weighted by Crippen LogP contribution is 2.44. The maximum atomic E-state index is 13.6. The van der Waals surface area contributed by atoms with Crippen molar-refractivity contribution in [1.82, 2.24) is 25.0 Å². The summed E-state index contributed by atoms with van der Waals surface area (Å²) in [6.45, 7) is 10.6. The van der Waals surface area contributed by atoms with E-state index in [1.807, 2.05) is 63.6 Å². The summed E-state index contributed by atoms with van der Waals surface area (Å²) in [5, 5.41) is 21.6. The molecule has 2 N–H and O–H groups in total. The highest BCUT2D eigenvalue weighted by molar-refractivity contribution is 5.96. The molecule has 2 aromatic heterocycles. The van der Waals surface area contributed by atoms with Crippen molar-refractivity contribution in [3.63, 3.8) is 0 Å². The van der Waals surface area contributed by atoms with Crippen molar-refractivity contribution >= 4 is 22.6 Å². The van der Waals surface area contributed by atoms with E-state index in [0.29, 0.717) is 5.69 Å². The minimum Gasteiger partial charge on any atom is -0.392 e. The van der Waals surface area contributed by atoms with Gasteiger partial charge in [0.1, 0.15) is 11.8 Å². The molecule has 0 aliphatic carbocycles. The van der Waals surface area contributed by atoms with Crippen LogP contribution >= 0.6 is 0 Å². The molecule has 34 heavy (non-hydrogen) atoms. The van der Waals surface area contributed by atoms with Gasteiger partial charge in [-0.3, -0.25) is 4.79 Å². The first-order valence-corrected chi connectivity index (χ1v) is 11.4. The summed E-state index contributed by atoms with van der Waals surface area (Å²) in [6, 6.07) is 10.1. The number of carbonyl (C=O) groups excluding carboxylic acids is 1. The van der Waals surface area contributed by atoms with E-state index in [0.717, 1.165) is 45.4 Å². The number of rotatable bonds is 7. The third-order valence-electron chi connectivity index (χ3n) is 6.60. The Kier molecular flexibility index (Phi) is 6.43. The normalized spacial score (nSPS) is 12.6. The van der Waals surface area contributed by atoms with E-state index in [2.05, 4.69) is 31.7 Å². The molecule has 1 unspecified atom stereocenters. The van der Waals surface area contributed by atoms with E-state index >= 15 is 0 Å². The van der Waals surface area contributed by atoms with Crippen LogP contribution in [-0.2, 0) is 17.9 Å². The van der Waals surface area contributed by atoms with Gasteiger partial charge >= 0.3 is 0 Å². The second kappa shape index (κ2) is 9.30. The van der Waals surface area contributed by atoms with Gasteiger partial charge in [-0.15, -0.1) is 5.10 Å². The molecule has 0 spiro atoms. The zero-order valence-corrected chi connectivity index (χ0v) is 20.2. The van der Waals surface area contributed by atoms with Gasteiger partial charge in [0.2, 0.25) is 5.91 Å². The summed E-state index contributed by atoms with van der Waals surface area (Å²) in [5.74, 6) is -0.464. The standard InChI is InChI=1S/C26H30N6O2/c1-6-32-22-10-9-21(17(3)24(22)30-31-32)23(18-8-7-16(2)19(11-18)14-33)26(4,5)25(34)29-20-12-27-15-28-13-20/h7-13,15,23,33H,6,14H2,1-5H3,(H,29,34). The van der Waals surface area contributed by atoms with Crippen LogP contribution in [0.25, 0.3) is 11.0 Å². The van der Waals surface area contributed by atoms with Crippen LogP contribution in [0.3, 0.4) is 0 Å². The molecular formula is C26H30N6O2. The van der Waals surface area contributed by atoms with E-state index in [9.17, 15) is 9.90 Å². The quantitative estimate of drug-likeness (QED) is 0.431. The fourth-order valence-corrected chi connectivity index (χ4v) is 4.54. The predicted octanol–water partition coefficient (Wildman–Crippen LogP) is 4.15. The molecule has 1 atom stereocenters. The van der Waals surface area contributed by atoms with Gasteiger partial charge in [0, 0.05) is 12.5 Å². The smallest absolute Gasteiger partial charge is 0.231 e. The molecule has 0 bridgehead atoms. The molecule has 0 radical (unpaired) electrons. The van der Waals surface area contributed by atoms with Gasteiger partial charge < -0.3 is 10.4 Å². The molecule has 4 rings (SSSR count).